The summed E-state index contributed by atoms with van der Waals surface area (Å²) in [4.78, 5) is 5.69. The van der Waals surface area contributed by atoms with E-state index in [1.807, 2.05) is 11.3 Å². The lowest BCUT2D eigenvalue weighted by Gasteiger charge is -2.33. The van der Waals surface area contributed by atoms with Gasteiger partial charge in [-0.3, -0.25) is 4.90 Å². The molecule has 2 heterocycles. The Labute approximate surface area is 121 Å². The number of aryl methyl sites for hydroxylation is 2. The molecule has 1 aliphatic carbocycles. The molecule has 0 amide bonds. The van der Waals surface area contributed by atoms with Crippen LogP contribution in [0, 0.1) is 19.8 Å². The van der Waals surface area contributed by atoms with Crippen molar-refractivity contribution in [3.8, 4) is 0 Å². The molecule has 2 nitrogen and oxygen atoms in total. The molecule has 1 unspecified atom stereocenters. The van der Waals surface area contributed by atoms with Crippen LogP contribution in [0.3, 0.4) is 0 Å². The summed E-state index contributed by atoms with van der Waals surface area (Å²) in [5.41, 5.74) is 1.82. The summed E-state index contributed by atoms with van der Waals surface area (Å²) >= 11 is 1.98. The fourth-order valence-electron chi connectivity index (χ4n) is 3.35. The molecule has 1 saturated carbocycles. The highest BCUT2D eigenvalue weighted by Gasteiger charge is 2.42. The van der Waals surface area contributed by atoms with E-state index in [9.17, 15) is 0 Å². The largest absolute Gasteiger partial charge is 0.310 e. The first-order valence-electron chi connectivity index (χ1n) is 7.60. The highest BCUT2D eigenvalue weighted by atomic mass is 32.1. The number of hydrogen-bond acceptors (Lipinski definition) is 3. The van der Waals surface area contributed by atoms with Crippen LogP contribution in [0.5, 0.6) is 0 Å². The van der Waals surface area contributed by atoms with Crippen LogP contribution < -0.4 is 5.32 Å². The Balaban J connectivity index is 1.69. The number of nitrogens with zero attached hydrogens (tertiary/aromatic N) is 1. The summed E-state index contributed by atoms with van der Waals surface area (Å²) in [6, 6.07) is 2.38. The molecule has 19 heavy (non-hydrogen) atoms. The van der Waals surface area contributed by atoms with Gasteiger partial charge in [0.2, 0.25) is 0 Å². The smallest absolute Gasteiger partial charge is 0.0328 e. The van der Waals surface area contributed by atoms with Crippen molar-refractivity contribution in [1.29, 1.82) is 0 Å². The molecule has 1 aromatic heterocycles. The summed E-state index contributed by atoms with van der Waals surface area (Å²) in [5.74, 6) is 0.917. The van der Waals surface area contributed by atoms with Crippen molar-refractivity contribution in [1.82, 2.24) is 10.2 Å². The lowest BCUT2D eigenvalue weighted by Crippen LogP contribution is -2.50. The highest BCUT2D eigenvalue weighted by molar-refractivity contribution is 7.12. The number of nitrogens with one attached hydrogen (secondary N) is 1. The Morgan fingerprint density at radius 3 is 2.84 bits per heavy atom. The molecular formula is C16H26N2S. The predicted molar refractivity (Wildman–Crippen MR) is 82.8 cm³/mol. The molecule has 0 radical (unpaired) electrons. The fraction of sp³-hybridized carbons (Fsp3) is 0.750. The van der Waals surface area contributed by atoms with E-state index in [0.717, 1.165) is 12.5 Å². The first kappa shape index (κ1) is 13.6. The van der Waals surface area contributed by atoms with Crippen LogP contribution in [-0.4, -0.2) is 30.1 Å². The van der Waals surface area contributed by atoms with Crippen molar-refractivity contribution in [2.75, 3.05) is 19.6 Å². The molecule has 3 heteroatoms. The van der Waals surface area contributed by atoms with Crippen molar-refractivity contribution in [2.45, 2.75) is 52.1 Å². The summed E-state index contributed by atoms with van der Waals surface area (Å²) in [6.45, 7) is 11.7. The van der Waals surface area contributed by atoms with E-state index < -0.39 is 0 Å². The van der Waals surface area contributed by atoms with Gasteiger partial charge in [0, 0.05) is 28.4 Å². The third-order valence-corrected chi connectivity index (χ3v) is 5.94. The van der Waals surface area contributed by atoms with Gasteiger partial charge < -0.3 is 5.32 Å². The van der Waals surface area contributed by atoms with E-state index in [1.54, 1.807) is 0 Å². The second-order valence-electron chi connectivity index (χ2n) is 6.63. The third kappa shape index (κ3) is 3.04. The Hall–Kier alpha value is -0.380. The van der Waals surface area contributed by atoms with Crippen molar-refractivity contribution in [3.63, 3.8) is 0 Å². The van der Waals surface area contributed by atoms with Gasteiger partial charge in [0.05, 0.1) is 0 Å². The van der Waals surface area contributed by atoms with Gasteiger partial charge >= 0.3 is 0 Å². The quantitative estimate of drug-likeness (QED) is 0.912. The number of thiophene rings is 1. The van der Waals surface area contributed by atoms with Crippen molar-refractivity contribution in [2.24, 2.45) is 5.92 Å². The molecule has 1 aromatic rings. The zero-order valence-electron chi connectivity index (χ0n) is 12.5. The molecule has 0 spiro atoms. The molecule has 1 atom stereocenters. The zero-order chi connectivity index (χ0) is 13.5. The minimum Gasteiger partial charge on any atom is -0.310 e. The standard InChI is InChI=1S/C16H26N2S/c1-12-9-15(19-13(12)2)10-18-8-4-7-17-16(3,11-18)14-5-6-14/h9,14,17H,4-8,10-11H2,1-3H3. The Morgan fingerprint density at radius 2 is 2.21 bits per heavy atom. The highest BCUT2D eigenvalue weighted by Crippen LogP contribution is 2.40. The van der Waals surface area contributed by atoms with Crippen molar-refractivity contribution in [3.05, 3.63) is 21.4 Å². The van der Waals surface area contributed by atoms with Crippen LogP contribution in [0.15, 0.2) is 6.07 Å². The third-order valence-electron chi connectivity index (χ3n) is 4.81. The minimum atomic E-state index is 0.359. The predicted octanol–water partition coefficient (Wildman–Crippen LogP) is 3.33. The van der Waals surface area contributed by atoms with Gasteiger partial charge in [-0.15, -0.1) is 11.3 Å². The number of rotatable bonds is 3. The summed E-state index contributed by atoms with van der Waals surface area (Å²) in [6.07, 6.45) is 4.13. The lowest BCUT2D eigenvalue weighted by atomic mass is 9.95. The van der Waals surface area contributed by atoms with Crippen LogP contribution in [0.1, 0.15) is 41.5 Å². The summed E-state index contributed by atoms with van der Waals surface area (Å²) in [7, 11) is 0. The second kappa shape index (κ2) is 5.19. The summed E-state index contributed by atoms with van der Waals surface area (Å²) < 4.78 is 0. The van der Waals surface area contributed by atoms with E-state index in [4.69, 9.17) is 0 Å². The topological polar surface area (TPSA) is 15.3 Å². The Morgan fingerprint density at radius 1 is 1.42 bits per heavy atom. The monoisotopic (exact) mass is 278 g/mol. The molecule has 1 N–H and O–H groups in total. The SMILES string of the molecule is Cc1cc(CN2CCCNC(C)(C3CC3)C2)sc1C. The molecule has 2 aliphatic rings. The van der Waals surface area contributed by atoms with Gasteiger partial charge in [-0.1, -0.05) is 0 Å². The maximum atomic E-state index is 3.81. The molecular weight excluding hydrogens is 252 g/mol. The van der Waals surface area contributed by atoms with Gasteiger partial charge in [0.15, 0.2) is 0 Å². The van der Waals surface area contributed by atoms with E-state index in [-0.39, 0.29) is 0 Å². The van der Waals surface area contributed by atoms with E-state index in [2.05, 4.69) is 37.1 Å². The van der Waals surface area contributed by atoms with E-state index in [1.165, 1.54) is 54.2 Å². The van der Waals surface area contributed by atoms with Crippen molar-refractivity contribution < 1.29 is 0 Å². The molecule has 0 aromatic carbocycles. The van der Waals surface area contributed by atoms with E-state index >= 15 is 0 Å². The first-order valence-corrected chi connectivity index (χ1v) is 8.42. The van der Waals surface area contributed by atoms with Crippen LogP contribution in [-0.2, 0) is 6.54 Å². The Kier molecular flexibility index (Phi) is 3.71. The Bertz CT molecular complexity index is 430. The number of hydrogen-bond donors (Lipinski definition) is 1. The van der Waals surface area contributed by atoms with Crippen LogP contribution in [0.25, 0.3) is 0 Å². The fourth-order valence-corrected chi connectivity index (χ4v) is 4.45. The van der Waals surface area contributed by atoms with Gasteiger partial charge in [-0.05, 0) is 70.7 Å². The molecule has 1 aliphatic heterocycles. The van der Waals surface area contributed by atoms with Gasteiger partial charge in [-0.25, -0.2) is 0 Å². The van der Waals surface area contributed by atoms with E-state index in [0.29, 0.717) is 5.54 Å². The molecule has 2 fully saturated rings. The molecule has 0 bridgehead atoms. The van der Waals surface area contributed by atoms with Crippen LogP contribution in [0.2, 0.25) is 0 Å². The van der Waals surface area contributed by atoms with Crippen LogP contribution in [0.4, 0.5) is 0 Å². The normalized spacial score (nSPS) is 29.4. The lowest BCUT2D eigenvalue weighted by molar-refractivity contribution is 0.196. The molecule has 3 rings (SSSR count). The maximum absolute atomic E-state index is 3.81. The van der Waals surface area contributed by atoms with Gasteiger partial charge in [0.1, 0.15) is 0 Å². The average Bonchev–Trinajstić information content (AvgIpc) is 3.14. The van der Waals surface area contributed by atoms with Crippen molar-refractivity contribution >= 4 is 11.3 Å². The first-order chi connectivity index (χ1) is 9.07. The van der Waals surface area contributed by atoms with Crippen LogP contribution >= 0.6 is 11.3 Å². The zero-order valence-corrected chi connectivity index (χ0v) is 13.3. The molecule has 106 valence electrons. The van der Waals surface area contributed by atoms with Gasteiger partial charge in [-0.2, -0.15) is 0 Å². The average molecular weight is 278 g/mol. The second-order valence-corrected chi connectivity index (χ2v) is 7.98. The maximum Gasteiger partial charge on any atom is 0.0328 e. The summed E-state index contributed by atoms with van der Waals surface area (Å²) in [5, 5.41) is 3.81. The van der Waals surface area contributed by atoms with Gasteiger partial charge in [0.25, 0.3) is 0 Å². The molecule has 1 saturated heterocycles. The minimum absolute atomic E-state index is 0.359.